The van der Waals surface area contributed by atoms with E-state index in [0.29, 0.717) is 13.1 Å². The molecule has 26 heavy (non-hydrogen) atoms. The second-order valence-corrected chi connectivity index (χ2v) is 10.2. The van der Waals surface area contributed by atoms with E-state index >= 15 is 0 Å². The van der Waals surface area contributed by atoms with Crippen LogP contribution >= 0.6 is 20.4 Å². The van der Waals surface area contributed by atoms with Crippen molar-refractivity contribution in [2.24, 2.45) is 11.5 Å². The zero-order valence-corrected chi connectivity index (χ0v) is 18.2. The minimum atomic E-state index is -1.09. The molecule has 2 atom stereocenters. The maximum absolute atomic E-state index is 6.52. The van der Waals surface area contributed by atoms with Crippen molar-refractivity contribution < 1.29 is 11.8 Å². The van der Waals surface area contributed by atoms with Crippen molar-refractivity contribution in [1.82, 2.24) is 3.98 Å². The number of aryl methyl sites for hydroxylation is 4. The van der Waals surface area contributed by atoms with Crippen LogP contribution in [0.4, 0.5) is 0 Å². The normalized spacial score (nSPS) is 14.4. The van der Waals surface area contributed by atoms with Gasteiger partial charge in [-0.1, -0.05) is 0 Å². The Kier molecular flexibility index (Phi) is 7.96. The molecule has 0 bridgehead atoms. The molecule has 0 fully saturated rings. The van der Waals surface area contributed by atoms with Crippen LogP contribution in [0.25, 0.3) is 0 Å². The van der Waals surface area contributed by atoms with Gasteiger partial charge in [-0.25, -0.2) is 0 Å². The van der Waals surface area contributed by atoms with Crippen LogP contribution in [0, 0.1) is 27.7 Å². The maximum atomic E-state index is 6.52. The van der Waals surface area contributed by atoms with Crippen molar-refractivity contribution in [3.05, 3.63) is 69.8 Å². The molecule has 0 aliphatic carbocycles. The summed E-state index contributed by atoms with van der Waals surface area (Å²) >= 11 is -1.09. The van der Waals surface area contributed by atoms with Gasteiger partial charge in [0.2, 0.25) is 0 Å². The summed E-state index contributed by atoms with van der Waals surface area (Å²) in [5, 5.41) is 0. The van der Waals surface area contributed by atoms with E-state index in [1.165, 1.54) is 22.3 Å². The monoisotopic (exact) mass is 438 g/mol. The molecular weight excluding hydrogens is 412 g/mol. The number of hydrogen-bond acceptors (Lipinski definition) is 3. The van der Waals surface area contributed by atoms with Gasteiger partial charge in [-0.3, -0.25) is 0 Å². The van der Waals surface area contributed by atoms with Crippen LogP contribution in [0.2, 0.25) is 0 Å². The van der Waals surface area contributed by atoms with Crippen molar-refractivity contribution in [1.29, 1.82) is 0 Å². The summed E-state index contributed by atoms with van der Waals surface area (Å²) in [5.74, 6) is 0. The van der Waals surface area contributed by atoms with E-state index in [0.717, 1.165) is 11.1 Å². The van der Waals surface area contributed by atoms with Crippen molar-refractivity contribution in [3.8, 4) is 0 Å². The molecule has 0 aromatic heterocycles. The molecule has 0 aliphatic heterocycles. The van der Waals surface area contributed by atoms with Crippen LogP contribution in [0.1, 0.15) is 45.5 Å². The van der Waals surface area contributed by atoms with Gasteiger partial charge in [0.25, 0.3) is 0 Å². The molecule has 4 N–H and O–H groups in total. The predicted molar refractivity (Wildman–Crippen MR) is 109 cm³/mol. The molecule has 2 aromatic carbocycles. The fraction of sp³-hybridized carbons (Fsp3) is 0.400. The van der Waals surface area contributed by atoms with Gasteiger partial charge in [0.05, 0.1) is 0 Å². The average Bonchev–Trinajstić information content (AvgIpc) is 2.53. The van der Waals surface area contributed by atoms with Gasteiger partial charge in [-0.2, -0.15) is 0 Å². The van der Waals surface area contributed by atoms with Crippen LogP contribution in [-0.2, 0) is 11.8 Å². The van der Waals surface area contributed by atoms with Gasteiger partial charge >= 0.3 is 170 Å². The van der Waals surface area contributed by atoms with Crippen molar-refractivity contribution in [2.45, 2.75) is 39.8 Å². The summed E-state index contributed by atoms with van der Waals surface area (Å²) in [4.78, 5) is 0. The summed E-state index contributed by atoms with van der Waals surface area (Å²) < 4.78 is 1.98. The second-order valence-electron chi connectivity index (χ2n) is 6.76. The van der Waals surface area contributed by atoms with Crippen LogP contribution < -0.4 is 11.5 Å². The number of rotatable bonds is 7. The Balaban J connectivity index is 2.19. The van der Waals surface area contributed by atoms with Gasteiger partial charge in [0, 0.05) is 0 Å². The SMILES string of the molecule is Cc1cccc(C)c1C(N)C[N](CC(N)c1c(C)cccc1C)[Ni]([Cl])[Cl]. The molecule has 0 amide bonds. The van der Waals surface area contributed by atoms with E-state index in [9.17, 15) is 0 Å². The van der Waals surface area contributed by atoms with Gasteiger partial charge < -0.3 is 0 Å². The first-order valence-corrected chi connectivity index (χ1v) is 11.7. The Morgan fingerprint density at radius 2 is 1.08 bits per heavy atom. The summed E-state index contributed by atoms with van der Waals surface area (Å²) in [7, 11) is 12.6. The average molecular weight is 440 g/mol. The zero-order chi connectivity index (χ0) is 19.4. The quantitative estimate of drug-likeness (QED) is 0.611. The molecule has 2 unspecified atom stereocenters. The number of benzene rings is 2. The summed E-state index contributed by atoms with van der Waals surface area (Å²) in [6.07, 6.45) is 0. The fourth-order valence-corrected chi connectivity index (χ4v) is 4.95. The third-order valence-corrected chi connectivity index (χ3v) is 6.82. The Labute approximate surface area is 170 Å². The summed E-state index contributed by atoms with van der Waals surface area (Å²) in [5.41, 5.74) is 20.1. The van der Waals surface area contributed by atoms with E-state index in [4.69, 9.17) is 31.9 Å². The van der Waals surface area contributed by atoms with Crippen LogP contribution in [0.3, 0.4) is 0 Å². The van der Waals surface area contributed by atoms with Crippen LogP contribution in [0.5, 0.6) is 0 Å². The fourth-order valence-electron chi connectivity index (χ4n) is 3.57. The van der Waals surface area contributed by atoms with Gasteiger partial charge in [0.1, 0.15) is 0 Å². The Bertz CT molecular complexity index is 652. The topological polar surface area (TPSA) is 55.3 Å². The number of nitrogens with zero attached hydrogens (tertiary/aromatic N) is 1. The first-order chi connectivity index (χ1) is 12.2. The third-order valence-electron chi connectivity index (χ3n) is 4.74. The Hall–Kier alpha value is -0.606. The molecule has 0 aliphatic rings. The van der Waals surface area contributed by atoms with E-state index in [2.05, 4.69) is 52.0 Å². The van der Waals surface area contributed by atoms with Crippen LogP contribution in [0.15, 0.2) is 36.4 Å². The van der Waals surface area contributed by atoms with E-state index < -0.39 is 11.8 Å². The minimum absolute atomic E-state index is 0.169. The Morgan fingerprint density at radius 1 is 0.769 bits per heavy atom. The predicted octanol–water partition coefficient (Wildman–Crippen LogP) is 4.76. The molecule has 147 valence electrons. The third kappa shape index (κ3) is 5.22. The Morgan fingerprint density at radius 3 is 1.35 bits per heavy atom. The van der Waals surface area contributed by atoms with Crippen molar-refractivity contribution in [2.75, 3.05) is 13.1 Å². The van der Waals surface area contributed by atoms with Gasteiger partial charge in [0.15, 0.2) is 0 Å². The molecule has 0 saturated carbocycles. The van der Waals surface area contributed by atoms with Crippen molar-refractivity contribution >= 4 is 20.4 Å². The molecule has 6 heteroatoms. The molecule has 0 saturated heterocycles. The summed E-state index contributed by atoms with van der Waals surface area (Å²) in [6, 6.07) is 12.1. The molecule has 3 nitrogen and oxygen atoms in total. The molecule has 0 spiro atoms. The van der Waals surface area contributed by atoms with Crippen LogP contribution in [-0.4, -0.2) is 17.1 Å². The number of nitrogens with two attached hydrogens (primary N) is 2. The summed E-state index contributed by atoms with van der Waals surface area (Å²) in [6.45, 7) is 9.45. The molecular formula is C20H28Cl2N3Ni. The zero-order valence-electron chi connectivity index (χ0n) is 15.7. The second kappa shape index (κ2) is 9.55. The van der Waals surface area contributed by atoms with Crippen molar-refractivity contribution in [3.63, 3.8) is 0 Å². The van der Waals surface area contributed by atoms with Gasteiger partial charge in [-0.05, 0) is 0 Å². The first-order valence-electron chi connectivity index (χ1n) is 8.56. The molecule has 0 radical (unpaired) electrons. The van der Waals surface area contributed by atoms with E-state index in [-0.39, 0.29) is 12.1 Å². The number of hydrogen-bond donors (Lipinski definition) is 2. The molecule has 2 aromatic rings. The molecule has 2 rings (SSSR count). The number of halogens is 2. The van der Waals surface area contributed by atoms with Gasteiger partial charge in [-0.15, -0.1) is 0 Å². The molecule has 0 heterocycles. The first kappa shape index (κ1) is 21.7. The van der Waals surface area contributed by atoms with E-state index in [1.807, 2.05) is 16.1 Å². The van der Waals surface area contributed by atoms with E-state index in [1.54, 1.807) is 0 Å². The standard InChI is InChI=1S/C20H28N3.2ClH.Ni/c1-13-7-5-8-14(2)19(13)17(21)11-23-12-18(22)20-15(3)9-6-10-16(20)4;;;/h5-10,17-18H,11-12,21-22H2,1-4H3;2*1H;/q-1;;;+3/p-2.